The highest BCUT2D eigenvalue weighted by atomic mass is 19.4. The summed E-state index contributed by atoms with van der Waals surface area (Å²) in [6.45, 7) is 12.0. The van der Waals surface area contributed by atoms with E-state index in [9.17, 15) is 18.3 Å². The number of hydrogen-bond acceptors (Lipinski definition) is 4. The van der Waals surface area contributed by atoms with Crippen molar-refractivity contribution in [3.63, 3.8) is 0 Å². The normalized spacial score (nSPS) is 21.8. The fourth-order valence-electron chi connectivity index (χ4n) is 5.23. The molecule has 36 heavy (non-hydrogen) atoms. The number of hydrogen-bond donors (Lipinski definition) is 2. The Hall–Kier alpha value is -3.00. The van der Waals surface area contributed by atoms with Crippen molar-refractivity contribution in [3.8, 4) is 5.75 Å². The van der Waals surface area contributed by atoms with E-state index in [1.54, 1.807) is 26.0 Å². The lowest BCUT2D eigenvalue weighted by Crippen LogP contribution is -2.31. The van der Waals surface area contributed by atoms with Crippen LogP contribution in [0.5, 0.6) is 5.75 Å². The molecule has 1 aliphatic carbocycles. The fourth-order valence-corrected chi connectivity index (χ4v) is 5.23. The van der Waals surface area contributed by atoms with Crippen LogP contribution in [0.25, 0.3) is 11.0 Å². The summed E-state index contributed by atoms with van der Waals surface area (Å²) >= 11 is 0. The Balaban J connectivity index is 1.79. The molecule has 8 heteroatoms. The molecule has 1 unspecified atom stereocenters. The number of benzene rings is 2. The number of nitrogens with zero attached hydrogens (tertiary/aromatic N) is 2. The molecule has 1 saturated carbocycles. The molecule has 1 aromatic heterocycles. The lowest BCUT2D eigenvalue weighted by molar-refractivity contribution is -0.274. The Morgan fingerprint density at radius 2 is 1.86 bits per heavy atom. The Labute approximate surface area is 210 Å². The summed E-state index contributed by atoms with van der Waals surface area (Å²) in [5, 5.41) is 13.9. The highest BCUT2D eigenvalue weighted by molar-refractivity contribution is 5.81. The number of imidazole rings is 1. The predicted molar refractivity (Wildman–Crippen MR) is 136 cm³/mol. The maximum atomic E-state index is 12.6. The third-order valence-electron chi connectivity index (χ3n) is 7.25. The van der Waals surface area contributed by atoms with Crippen LogP contribution in [0.3, 0.4) is 0 Å². The molecule has 0 saturated heterocycles. The summed E-state index contributed by atoms with van der Waals surface area (Å²) in [7, 11) is 0. The van der Waals surface area contributed by atoms with Gasteiger partial charge in [0.1, 0.15) is 5.75 Å². The van der Waals surface area contributed by atoms with E-state index >= 15 is 0 Å². The van der Waals surface area contributed by atoms with Gasteiger partial charge in [-0.3, -0.25) is 0 Å². The van der Waals surface area contributed by atoms with Crippen molar-refractivity contribution in [2.75, 3.05) is 5.32 Å². The monoisotopic (exact) mass is 501 g/mol. The molecule has 5 nitrogen and oxygen atoms in total. The van der Waals surface area contributed by atoms with Crippen LogP contribution in [0.2, 0.25) is 0 Å². The van der Waals surface area contributed by atoms with Crippen LogP contribution >= 0.6 is 0 Å². The molecule has 2 aromatic carbocycles. The van der Waals surface area contributed by atoms with E-state index in [2.05, 4.69) is 35.0 Å². The van der Waals surface area contributed by atoms with Crippen LogP contribution in [0, 0.1) is 17.8 Å². The van der Waals surface area contributed by atoms with E-state index in [0.29, 0.717) is 29.4 Å². The standard InChI is InChI=1S/C28H34F3N3O2/c1-6-18(3)22-13-7-17(2)15-25(22)34-24-14-8-19(27(4,5)35)16-23(24)33-26(34)32-20-9-11-21(12-10-20)36-28(29,30)31/h6,8-12,14,16-18,22,25,35H,1,7,13,15H2,2-5H3,(H,32,33)/t17-,18?,22+,25-/m1/s1. The first kappa shape index (κ1) is 26.1. The largest absolute Gasteiger partial charge is 0.573 e. The number of fused-ring (bicyclic) bond motifs is 1. The average molecular weight is 502 g/mol. The number of allylic oxidation sites excluding steroid dienone is 1. The van der Waals surface area contributed by atoms with E-state index < -0.39 is 12.0 Å². The van der Waals surface area contributed by atoms with Gasteiger partial charge in [0.25, 0.3) is 0 Å². The predicted octanol–water partition coefficient (Wildman–Crippen LogP) is 7.71. The zero-order chi connectivity index (χ0) is 26.3. The Morgan fingerprint density at radius 1 is 1.17 bits per heavy atom. The Morgan fingerprint density at radius 3 is 2.47 bits per heavy atom. The number of halogens is 3. The Bertz CT molecular complexity index is 1210. The van der Waals surface area contributed by atoms with Gasteiger partial charge in [-0.15, -0.1) is 19.8 Å². The van der Waals surface area contributed by atoms with Crippen LogP contribution < -0.4 is 10.1 Å². The molecule has 2 N–H and O–H groups in total. The van der Waals surface area contributed by atoms with Crippen molar-refractivity contribution in [3.05, 3.63) is 60.7 Å². The van der Waals surface area contributed by atoms with E-state index in [1.165, 1.54) is 12.1 Å². The molecule has 1 heterocycles. The van der Waals surface area contributed by atoms with Gasteiger partial charge in [0, 0.05) is 11.7 Å². The van der Waals surface area contributed by atoms with Crippen LogP contribution in [0.1, 0.15) is 58.6 Å². The maximum absolute atomic E-state index is 12.6. The van der Waals surface area contributed by atoms with Crippen molar-refractivity contribution < 1.29 is 23.0 Å². The lowest BCUT2D eigenvalue weighted by Gasteiger charge is -2.39. The zero-order valence-corrected chi connectivity index (χ0v) is 21.1. The minimum atomic E-state index is -4.74. The number of ether oxygens (including phenoxy) is 1. The number of aliphatic hydroxyl groups is 1. The molecule has 3 aromatic rings. The number of rotatable bonds is 7. The third-order valence-corrected chi connectivity index (χ3v) is 7.25. The first-order valence-corrected chi connectivity index (χ1v) is 12.4. The second kappa shape index (κ2) is 9.81. The molecular weight excluding hydrogens is 467 g/mol. The minimum absolute atomic E-state index is 0.162. The van der Waals surface area contributed by atoms with Gasteiger partial charge in [-0.2, -0.15) is 0 Å². The quantitative estimate of drug-likeness (QED) is 0.326. The number of anilines is 2. The Kier molecular flexibility index (Phi) is 7.10. The highest BCUT2D eigenvalue weighted by Gasteiger charge is 2.35. The van der Waals surface area contributed by atoms with Gasteiger partial charge < -0.3 is 19.7 Å². The topological polar surface area (TPSA) is 59.3 Å². The van der Waals surface area contributed by atoms with Crippen LogP contribution in [-0.2, 0) is 5.60 Å². The lowest BCUT2D eigenvalue weighted by atomic mass is 9.73. The molecule has 194 valence electrons. The molecule has 0 bridgehead atoms. The van der Waals surface area contributed by atoms with E-state index in [4.69, 9.17) is 4.98 Å². The molecule has 4 atom stereocenters. The number of nitrogens with one attached hydrogen (secondary N) is 1. The maximum Gasteiger partial charge on any atom is 0.573 e. The molecule has 0 spiro atoms. The van der Waals surface area contributed by atoms with Crippen LogP contribution in [0.4, 0.5) is 24.8 Å². The second-order valence-electron chi connectivity index (χ2n) is 10.5. The fraction of sp³-hybridized carbons (Fsp3) is 0.464. The SMILES string of the molecule is C=CC(C)[C@@H]1CC[C@@H](C)C[C@H]1n1c(Nc2ccc(OC(F)(F)F)cc2)nc2cc(C(C)(C)O)ccc21. The summed E-state index contributed by atoms with van der Waals surface area (Å²) in [6.07, 6.45) is 0.470. The summed E-state index contributed by atoms with van der Waals surface area (Å²) in [5.74, 6) is 1.55. The highest BCUT2D eigenvalue weighted by Crippen LogP contribution is 2.45. The van der Waals surface area contributed by atoms with Crippen LogP contribution in [-0.4, -0.2) is 21.0 Å². The van der Waals surface area contributed by atoms with Gasteiger partial charge in [0.15, 0.2) is 0 Å². The first-order chi connectivity index (χ1) is 16.9. The number of alkyl halides is 3. The van der Waals surface area contributed by atoms with Crippen molar-refractivity contribution in [1.29, 1.82) is 0 Å². The van der Waals surface area contributed by atoms with Gasteiger partial charge in [-0.1, -0.05) is 32.4 Å². The molecular formula is C28H34F3N3O2. The number of aromatic nitrogens is 2. The second-order valence-corrected chi connectivity index (χ2v) is 10.5. The average Bonchev–Trinajstić information content (AvgIpc) is 3.15. The van der Waals surface area contributed by atoms with Gasteiger partial charge in [0.2, 0.25) is 5.95 Å². The van der Waals surface area contributed by atoms with Crippen molar-refractivity contribution >= 4 is 22.7 Å². The first-order valence-electron chi connectivity index (χ1n) is 12.4. The van der Waals surface area contributed by atoms with Gasteiger partial charge >= 0.3 is 6.36 Å². The summed E-state index contributed by atoms with van der Waals surface area (Å²) in [4.78, 5) is 4.89. The van der Waals surface area contributed by atoms with Crippen molar-refractivity contribution in [2.24, 2.45) is 17.8 Å². The molecule has 4 rings (SSSR count). The van der Waals surface area contributed by atoms with Crippen molar-refractivity contribution in [1.82, 2.24) is 9.55 Å². The van der Waals surface area contributed by atoms with Gasteiger partial charge in [-0.25, -0.2) is 4.98 Å². The molecule has 1 aliphatic rings. The van der Waals surface area contributed by atoms with E-state index in [1.807, 2.05) is 24.3 Å². The molecule has 0 radical (unpaired) electrons. The van der Waals surface area contributed by atoms with E-state index in [-0.39, 0.29) is 11.8 Å². The summed E-state index contributed by atoms with van der Waals surface area (Å²) in [6, 6.07) is 11.6. The van der Waals surface area contributed by atoms with Gasteiger partial charge in [0.05, 0.1) is 16.6 Å². The zero-order valence-electron chi connectivity index (χ0n) is 21.1. The molecule has 0 amide bonds. The van der Waals surface area contributed by atoms with Gasteiger partial charge in [-0.05, 0) is 86.4 Å². The smallest absolute Gasteiger partial charge is 0.406 e. The van der Waals surface area contributed by atoms with Crippen molar-refractivity contribution in [2.45, 2.75) is 65.0 Å². The minimum Gasteiger partial charge on any atom is -0.406 e. The molecule has 1 fully saturated rings. The molecule has 0 aliphatic heterocycles. The third kappa shape index (κ3) is 5.69. The van der Waals surface area contributed by atoms with Crippen LogP contribution in [0.15, 0.2) is 55.1 Å². The van der Waals surface area contributed by atoms with E-state index in [0.717, 1.165) is 35.9 Å². The summed E-state index contributed by atoms with van der Waals surface area (Å²) < 4.78 is 43.9. The summed E-state index contributed by atoms with van der Waals surface area (Å²) in [5.41, 5.74) is 2.04.